The van der Waals surface area contributed by atoms with Crippen molar-refractivity contribution in [3.05, 3.63) is 35.9 Å². The molecule has 3 N–H and O–H groups in total. The highest BCUT2D eigenvalue weighted by molar-refractivity contribution is 5.67. The van der Waals surface area contributed by atoms with Gasteiger partial charge < -0.3 is 20.5 Å². The van der Waals surface area contributed by atoms with Crippen molar-refractivity contribution in [2.75, 3.05) is 25.3 Å². The van der Waals surface area contributed by atoms with E-state index in [9.17, 15) is 0 Å². The van der Waals surface area contributed by atoms with Crippen molar-refractivity contribution >= 4 is 17.2 Å². The maximum atomic E-state index is 8.87. The number of nitrogens with one attached hydrogen (secondary N) is 1. The van der Waals surface area contributed by atoms with Crippen LogP contribution in [0.4, 0.5) is 17.2 Å². The van der Waals surface area contributed by atoms with Crippen molar-refractivity contribution in [1.82, 2.24) is 4.98 Å². The molecule has 6 heteroatoms. The maximum Gasteiger partial charge on any atom is 0.238 e. The van der Waals surface area contributed by atoms with Crippen LogP contribution in [0.3, 0.4) is 0 Å². The number of nitriles is 1. The third-order valence-electron chi connectivity index (χ3n) is 2.68. The molecule has 0 fully saturated rings. The van der Waals surface area contributed by atoms with E-state index in [2.05, 4.69) is 16.4 Å². The molecule has 102 valence electrons. The largest absolute Gasteiger partial charge is 0.495 e. The Kier molecular flexibility index (Phi) is 3.91. The first-order valence-corrected chi connectivity index (χ1v) is 5.83. The third-order valence-corrected chi connectivity index (χ3v) is 2.68. The SMILES string of the molecule is COc1cc(C#N)ccc1Nc1ccc(N)c(OC)n1. The summed E-state index contributed by atoms with van der Waals surface area (Å²) in [4.78, 5) is 4.23. The first kappa shape index (κ1) is 13.5. The van der Waals surface area contributed by atoms with E-state index < -0.39 is 0 Å². The summed E-state index contributed by atoms with van der Waals surface area (Å²) < 4.78 is 10.3. The number of methoxy groups -OCH3 is 2. The quantitative estimate of drug-likeness (QED) is 0.885. The zero-order valence-electron chi connectivity index (χ0n) is 11.2. The molecule has 2 aromatic rings. The van der Waals surface area contributed by atoms with Crippen molar-refractivity contribution in [3.63, 3.8) is 0 Å². The zero-order chi connectivity index (χ0) is 14.5. The van der Waals surface area contributed by atoms with Crippen LogP contribution < -0.4 is 20.5 Å². The van der Waals surface area contributed by atoms with Crippen LogP contribution in [0.1, 0.15) is 5.56 Å². The molecular formula is C14H14N4O2. The number of pyridine rings is 1. The summed E-state index contributed by atoms with van der Waals surface area (Å²) in [5, 5.41) is 12.0. The number of ether oxygens (including phenoxy) is 2. The second-order valence-corrected chi connectivity index (χ2v) is 3.95. The Morgan fingerprint density at radius 3 is 2.65 bits per heavy atom. The summed E-state index contributed by atoms with van der Waals surface area (Å²) in [6.45, 7) is 0. The van der Waals surface area contributed by atoms with Crippen LogP contribution in [-0.2, 0) is 0 Å². The van der Waals surface area contributed by atoms with Crippen molar-refractivity contribution in [1.29, 1.82) is 5.26 Å². The van der Waals surface area contributed by atoms with Crippen molar-refractivity contribution < 1.29 is 9.47 Å². The highest BCUT2D eigenvalue weighted by Crippen LogP contribution is 2.29. The monoisotopic (exact) mass is 270 g/mol. The van der Waals surface area contributed by atoms with Gasteiger partial charge >= 0.3 is 0 Å². The molecule has 0 atom stereocenters. The van der Waals surface area contributed by atoms with Gasteiger partial charge in [-0.1, -0.05) is 0 Å². The van der Waals surface area contributed by atoms with Crippen LogP contribution in [0.25, 0.3) is 0 Å². The molecule has 0 bridgehead atoms. The molecule has 2 rings (SSSR count). The summed E-state index contributed by atoms with van der Waals surface area (Å²) in [7, 11) is 3.05. The fourth-order valence-corrected chi connectivity index (χ4v) is 1.69. The van der Waals surface area contributed by atoms with Gasteiger partial charge in [0.1, 0.15) is 11.6 Å². The average molecular weight is 270 g/mol. The number of rotatable bonds is 4. The van der Waals surface area contributed by atoms with Gasteiger partial charge in [-0.2, -0.15) is 10.2 Å². The standard InChI is InChI=1S/C14H14N4O2/c1-19-12-7-9(8-15)3-5-11(12)17-13-6-4-10(16)14(18-13)20-2/h3-7H,16H2,1-2H3,(H,17,18). The molecule has 1 heterocycles. The Morgan fingerprint density at radius 2 is 2.00 bits per heavy atom. The van der Waals surface area contributed by atoms with Gasteiger partial charge in [0.05, 0.1) is 37.2 Å². The molecule has 1 aromatic heterocycles. The minimum Gasteiger partial charge on any atom is -0.495 e. The summed E-state index contributed by atoms with van der Waals surface area (Å²) in [5.41, 5.74) is 7.40. The second-order valence-electron chi connectivity index (χ2n) is 3.95. The first-order chi connectivity index (χ1) is 9.67. The van der Waals surface area contributed by atoms with Crippen LogP contribution in [0.5, 0.6) is 11.6 Å². The van der Waals surface area contributed by atoms with E-state index in [0.717, 1.165) is 0 Å². The Bertz CT molecular complexity index is 665. The smallest absolute Gasteiger partial charge is 0.238 e. The molecule has 0 aliphatic heterocycles. The number of anilines is 3. The predicted molar refractivity (Wildman–Crippen MR) is 76.2 cm³/mol. The van der Waals surface area contributed by atoms with Gasteiger partial charge in [0.2, 0.25) is 5.88 Å². The fraction of sp³-hybridized carbons (Fsp3) is 0.143. The minimum absolute atomic E-state index is 0.350. The third kappa shape index (κ3) is 2.72. The van der Waals surface area contributed by atoms with E-state index in [0.29, 0.717) is 34.4 Å². The summed E-state index contributed by atoms with van der Waals surface area (Å²) in [6, 6.07) is 10.6. The van der Waals surface area contributed by atoms with E-state index in [-0.39, 0.29) is 0 Å². The molecular weight excluding hydrogens is 256 g/mol. The number of benzene rings is 1. The lowest BCUT2D eigenvalue weighted by molar-refractivity contribution is 0.401. The van der Waals surface area contributed by atoms with Gasteiger partial charge in [-0.05, 0) is 24.3 Å². The summed E-state index contributed by atoms with van der Waals surface area (Å²) in [6.07, 6.45) is 0. The molecule has 20 heavy (non-hydrogen) atoms. The van der Waals surface area contributed by atoms with E-state index >= 15 is 0 Å². The Labute approximate surface area is 116 Å². The van der Waals surface area contributed by atoms with E-state index in [1.165, 1.54) is 7.11 Å². The van der Waals surface area contributed by atoms with Crippen molar-refractivity contribution in [2.45, 2.75) is 0 Å². The molecule has 0 aliphatic rings. The van der Waals surface area contributed by atoms with Crippen LogP contribution in [0.2, 0.25) is 0 Å². The highest BCUT2D eigenvalue weighted by Gasteiger charge is 2.07. The lowest BCUT2D eigenvalue weighted by Gasteiger charge is -2.12. The number of hydrogen-bond donors (Lipinski definition) is 2. The van der Waals surface area contributed by atoms with Crippen molar-refractivity contribution in [2.24, 2.45) is 0 Å². The number of aromatic nitrogens is 1. The predicted octanol–water partition coefficient (Wildman–Crippen LogP) is 2.30. The van der Waals surface area contributed by atoms with Gasteiger partial charge in [0.25, 0.3) is 0 Å². The highest BCUT2D eigenvalue weighted by atomic mass is 16.5. The number of hydrogen-bond acceptors (Lipinski definition) is 6. The molecule has 0 unspecified atom stereocenters. The lowest BCUT2D eigenvalue weighted by atomic mass is 10.2. The average Bonchev–Trinajstić information content (AvgIpc) is 2.49. The second kappa shape index (κ2) is 5.80. The molecule has 0 saturated carbocycles. The normalized spacial score (nSPS) is 9.65. The van der Waals surface area contributed by atoms with Gasteiger partial charge in [0.15, 0.2) is 0 Å². The molecule has 0 aliphatic carbocycles. The molecule has 0 spiro atoms. The van der Waals surface area contributed by atoms with Crippen LogP contribution in [0.15, 0.2) is 30.3 Å². The Morgan fingerprint density at radius 1 is 1.20 bits per heavy atom. The Hall–Kier alpha value is -2.94. The molecule has 6 nitrogen and oxygen atoms in total. The van der Waals surface area contributed by atoms with Gasteiger partial charge in [-0.3, -0.25) is 0 Å². The molecule has 0 radical (unpaired) electrons. The van der Waals surface area contributed by atoms with E-state index in [1.807, 2.05) is 0 Å². The van der Waals surface area contributed by atoms with Crippen LogP contribution in [0, 0.1) is 11.3 Å². The first-order valence-electron chi connectivity index (χ1n) is 5.83. The van der Waals surface area contributed by atoms with Gasteiger partial charge in [0, 0.05) is 6.07 Å². The van der Waals surface area contributed by atoms with Crippen LogP contribution >= 0.6 is 0 Å². The maximum absolute atomic E-state index is 8.87. The molecule has 0 amide bonds. The van der Waals surface area contributed by atoms with Crippen molar-refractivity contribution in [3.8, 4) is 17.7 Å². The van der Waals surface area contributed by atoms with Gasteiger partial charge in [-0.15, -0.1) is 0 Å². The van der Waals surface area contributed by atoms with Gasteiger partial charge in [-0.25, -0.2) is 0 Å². The minimum atomic E-state index is 0.350. The van der Waals surface area contributed by atoms with E-state index in [1.54, 1.807) is 37.4 Å². The molecule has 1 aromatic carbocycles. The Balaban J connectivity index is 2.32. The number of nitrogens with two attached hydrogens (primary N) is 1. The molecule has 0 saturated heterocycles. The summed E-state index contributed by atoms with van der Waals surface area (Å²) >= 11 is 0. The fourth-order valence-electron chi connectivity index (χ4n) is 1.69. The lowest BCUT2D eigenvalue weighted by Crippen LogP contribution is -2.00. The van der Waals surface area contributed by atoms with Crippen LogP contribution in [-0.4, -0.2) is 19.2 Å². The van der Waals surface area contributed by atoms with E-state index in [4.69, 9.17) is 20.5 Å². The number of nitrogens with zero attached hydrogens (tertiary/aromatic N) is 2. The topological polar surface area (TPSA) is 93.2 Å². The summed E-state index contributed by atoms with van der Waals surface area (Å²) in [5.74, 6) is 1.48. The number of nitrogen functional groups attached to an aromatic ring is 1. The zero-order valence-corrected chi connectivity index (χ0v) is 11.2.